The molecule has 19 heavy (non-hydrogen) atoms. The Balaban J connectivity index is 1.88. The summed E-state index contributed by atoms with van der Waals surface area (Å²) in [6.07, 6.45) is 6.21. The molecule has 0 amide bonds. The SMILES string of the molecule is ICCCCCCN=C=NCCCN1CCOCC1. The highest BCUT2D eigenvalue weighted by atomic mass is 127. The molecule has 1 fully saturated rings. The molecular formula is C14H26IN3O. The molecule has 110 valence electrons. The third-order valence-electron chi connectivity index (χ3n) is 3.14. The maximum Gasteiger partial charge on any atom is 0.0892 e. The van der Waals surface area contributed by atoms with Crippen LogP contribution in [-0.4, -0.2) is 61.3 Å². The van der Waals surface area contributed by atoms with Gasteiger partial charge in [0.25, 0.3) is 0 Å². The molecule has 5 heteroatoms. The topological polar surface area (TPSA) is 37.2 Å². The van der Waals surface area contributed by atoms with E-state index in [1.807, 2.05) is 0 Å². The smallest absolute Gasteiger partial charge is 0.0892 e. The van der Waals surface area contributed by atoms with Gasteiger partial charge in [-0.3, -0.25) is 4.90 Å². The van der Waals surface area contributed by atoms with E-state index in [-0.39, 0.29) is 0 Å². The van der Waals surface area contributed by atoms with E-state index >= 15 is 0 Å². The summed E-state index contributed by atoms with van der Waals surface area (Å²) in [6.45, 7) is 6.73. The van der Waals surface area contributed by atoms with Crippen molar-refractivity contribution in [2.45, 2.75) is 32.1 Å². The molecule has 1 heterocycles. The van der Waals surface area contributed by atoms with E-state index < -0.39 is 0 Å². The number of halogens is 1. The van der Waals surface area contributed by atoms with Gasteiger partial charge in [-0.25, -0.2) is 9.98 Å². The lowest BCUT2D eigenvalue weighted by Gasteiger charge is -2.25. The van der Waals surface area contributed by atoms with E-state index in [9.17, 15) is 0 Å². The van der Waals surface area contributed by atoms with Gasteiger partial charge in [-0.2, -0.15) is 0 Å². The number of alkyl halides is 1. The number of ether oxygens (including phenoxy) is 1. The van der Waals surface area contributed by atoms with Crippen molar-refractivity contribution in [3.8, 4) is 0 Å². The van der Waals surface area contributed by atoms with E-state index in [1.165, 1.54) is 30.1 Å². The summed E-state index contributed by atoms with van der Waals surface area (Å²) in [6, 6.07) is 2.82. The standard InChI is InChI=1S/C14H26IN3O/c15-6-3-1-2-4-7-16-14-17-8-5-9-18-10-12-19-13-11-18/h1-13H2. The Hall–Kier alpha value is 0.0300. The van der Waals surface area contributed by atoms with Crippen LogP contribution in [0.4, 0.5) is 0 Å². The van der Waals surface area contributed by atoms with Gasteiger partial charge in [-0.1, -0.05) is 35.4 Å². The summed E-state index contributed by atoms with van der Waals surface area (Å²) in [5.41, 5.74) is 0. The van der Waals surface area contributed by atoms with Crippen molar-refractivity contribution in [1.82, 2.24) is 4.90 Å². The molecule has 0 atom stereocenters. The number of rotatable bonds is 10. The van der Waals surface area contributed by atoms with Crippen molar-refractivity contribution in [1.29, 1.82) is 0 Å². The van der Waals surface area contributed by atoms with E-state index in [0.717, 1.165) is 52.4 Å². The van der Waals surface area contributed by atoms with Crippen molar-refractivity contribution in [2.75, 3.05) is 50.4 Å². The minimum atomic E-state index is 0.843. The maximum atomic E-state index is 5.31. The van der Waals surface area contributed by atoms with Gasteiger partial charge < -0.3 is 4.74 Å². The summed E-state index contributed by atoms with van der Waals surface area (Å²) < 4.78 is 6.58. The minimum Gasteiger partial charge on any atom is -0.379 e. The maximum absolute atomic E-state index is 5.31. The van der Waals surface area contributed by atoms with Crippen LogP contribution in [0.3, 0.4) is 0 Å². The number of hydrogen-bond acceptors (Lipinski definition) is 4. The summed E-state index contributed by atoms with van der Waals surface area (Å²) >= 11 is 2.43. The normalized spacial score (nSPS) is 16.1. The molecule has 4 nitrogen and oxygen atoms in total. The zero-order valence-electron chi connectivity index (χ0n) is 11.8. The monoisotopic (exact) mass is 379 g/mol. The lowest BCUT2D eigenvalue weighted by Crippen LogP contribution is -2.37. The number of nitrogens with zero attached hydrogens (tertiary/aromatic N) is 3. The highest BCUT2D eigenvalue weighted by Gasteiger charge is 2.08. The molecule has 1 rings (SSSR count). The first kappa shape index (κ1) is 17.1. The summed E-state index contributed by atoms with van der Waals surface area (Å²) in [4.78, 5) is 10.8. The number of hydrogen-bond donors (Lipinski definition) is 0. The quantitative estimate of drug-likeness (QED) is 0.253. The molecule has 0 aromatic heterocycles. The minimum absolute atomic E-state index is 0.843. The Morgan fingerprint density at radius 3 is 2.37 bits per heavy atom. The van der Waals surface area contributed by atoms with Crippen molar-refractivity contribution in [3.63, 3.8) is 0 Å². The fourth-order valence-corrected chi connectivity index (χ4v) is 2.53. The Bertz CT molecular complexity index is 261. The molecule has 0 unspecified atom stereocenters. The second-order valence-corrected chi connectivity index (χ2v) is 5.85. The molecule has 0 aromatic carbocycles. The van der Waals surface area contributed by atoms with Crippen LogP contribution in [-0.2, 0) is 4.74 Å². The van der Waals surface area contributed by atoms with Gasteiger partial charge in [0.2, 0.25) is 0 Å². The van der Waals surface area contributed by atoms with Gasteiger partial charge in [-0.05, 0) is 23.7 Å². The van der Waals surface area contributed by atoms with Gasteiger partial charge in [-0.15, -0.1) is 0 Å². The van der Waals surface area contributed by atoms with Crippen LogP contribution in [0.15, 0.2) is 9.98 Å². The number of aliphatic imine (C=N–C) groups is 2. The zero-order chi connectivity index (χ0) is 13.6. The molecule has 0 spiro atoms. The average molecular weight is 379 g/mol. The Morgan fingerprint density at radius 1 is 0.947 bits per heavy atom. The number of morpholine rings is 1. The molecule has 0 bridgehead atoms. The molecule has 0 saturated carbocycles. The van der Waals surface area contributed by atoms with Crippen molar-refractivity contribution < 1.29 is 4.74 Å². The second-order valence-electron chi connectivity index (χ2n) is 4.77. The van der Waals surface area contributed by atoms with Crippen LogP contribution < -0.4 is 0 Å². The van der Waals surface area contributed by atoms with Crippen molar-refractivity contribution in [3.05, 3.63) is 0 Å². The fraction of sp³-hybridized carbons (Fsp3) is 0.929. The first-order valence-electron chi connectivity index (χ1n) is 7.37. The molecule has 1 saturated heterocycles. The van der Waals surface area contributed by atoms with Crippen LogP contribution in [0.2, 0.25) is 0 Å². The van der Waals surface area contributed by atoms with Gasteiger partial charge >= 0.3 is 0 Å². The van der Waals surface area contributed by atoms with E-state index in [1.54, 1.807) is 0 Å². The Labute approximate surface area is 130 Å². The number of unbranched alkanes of at least 4 members (excludes halogenated alkanes) is 3. The molecular weight excluding hydrogens is 353 g/mol. The van der Waals surface area contributed by atoms with Gasteiger partial charge in [0, 0.05) is 26.2 Å². The highest BCUT2D eigenvalue weighted by molar-refractivity contribution is 14.1. The predicted octanol–water partition coefficient (Wildman–Crippen LogP) is 2.88. The summed E-state index contributed by atoms with van der Waals surface area (Å²) in [5.74, 6) is 0. The van der Waals surface area contributed by atoms with Crippen LogP contribution in [0.25, 0.3) is 0 Å². The fourth-order valence-electron chi connectivity index (χ4n) is 1.99. The first-order valence-corrected chi connectivity index (χ1v) is 8.90. The molecule has 0 N–H and O–H groups in total. The van der Waals surface area contributed by atoms with Gasteiger partial charge in [0.15, 0.2) is 0 Å². The summed E-state index contributed by atoms with van der Waals surface area (Å²) in [5, 5.41) is 0. The van der Waals surface area contributed by atoms with Crippen LogP contribution in [0.5, 0.6) is 0 Å². The lowest BCUT2D eigenvalue weighted by molar-refractivity contribution is 0.0377. The van der Waals surface area contributed by atoms with Crippen LogP contribution in [0, 0.1) is 0 Å². The highest BCUT2D eigenvalue weighted by Crippen LogP contribution is 2.02. The van der Waals surface area contributed by atoms with E-state index in [0.29, 0.717) is 0 Å². The van der Waals surface area contributed by atoms with E-state index in [4.69, 9.17) is 4.74 Å². The van der Waals surface area contributed by atoms with Gasteiger partial charge in [0.05, 0.1) is 25.8 Å². The lowest BCUT2D eigenvalue weighted by atomic mass is 10.2. The first-order chi connectivity index (χ1) is 9.43. The Morgan fingerprint density at radius 2 is 1.63 bits per heavy atom. The summed E-state index contributed by atoms with van der Waals surface area (Å²) in [7, 11) is 0. The third-order valence-corrected chi connectivity index (χ3v) is 3.91. The largest absolute Gasteiger partial charge is 0.379 e. The van der Waals surface area contributed by atoms with E-state index in [2.05, 4.69) is 43.5 Å². The molecule has 0 radical (unpaired) electrons. The average Bonchev–Trinajstić information content (AvgIpc) is 2.46. The van der Waals surface area contributed by atoms with Gasteiger partial charge in [0.1, 0.15) is 0 Å². The zero-order valence-corrected chi connectivity index (χ0v) is 14.0. The predicted molar refractivity (Wildman–Crippen MR) is 88.8 cm³/mol. The van der Waals surface area contributed by atoms with Crippen LogP contribution >= 0.6 is 22.6 Å². The Kier molecular flexibility index (Phi) is 11.7. The molecule has 0 aliphatic carbocycles. The van der Waals surface area contributed by atoms with Crippen LogP contribution in [0.1, 0.15) is 32.1 Å². The second kappa shape index (κ2) is 13.0. The van der Waals surface area contributed by atoms with Crippen molar-refractivity contribution in [2.24, 2.45) is 9.98 Å². The third kappa shape index (κ3) is 10.5. The van der Waals surface area contributed by atoms with Crippen molar-refractivity contribution >= 4 is 28.6 Å². The molecule has 0 aromatic rings. The molecule has 1 aliphatic heterocycles. The molecule has 1 aliphatic rings.